The van der Waals surface area contributed by atoms with E-state index in [4.69, 9.17) is 0 Å². The molecule has 0 amide bonds. The van der Waals surface area contributed by atoms with Gasteiger partial charge in [0, 0.05) is 12.6 Å². The third kappa shape index (κ3) is 3.46. The molecule has 24 heavy (non-hydrogen) atoms. The smallest absolute Gasteiger partial charge is 0.159 e. The molecule has 4 nitrogen and oxygen atoms in total. The maximum absolute atomic E-state index is 14.2. The third-order valence-corrected chi connectivity index (χ3v) is 3.73. The van der Waals surface area contributed by atoms with Crippen LogP contribution in [0.2, 0.25) is 0 Å². The van der Waals surface area contributed by atoms with Crippen LogP contribution in [0.15, 0.2) is 49.1 Å². The van der Waals surface area contributed by atoms with Crippen molar-refractivity contribution in [2.45, 2.75) is 19.5 Å². The highest BCUT2D eigenvalue weighted by Crippen LogP contribution is 2.18. The number of nitrogens with one attached hydrogen (secondary N) is 1. The van der Waals surface area contributed by atoms with Crippen molar-refractivity contribution in [2.24, 2.45) is 0 Å². The number of hydrogen-bond donors (Lipinski definition) is 1. The normalized spacial score (nSPS) is 12.3. The standard InChI is InChI=1S/C17H15F3N4/c1-11(13-3-4-14(18)15(19)7-13)22-8-12-2-5-17(16(20)6-12)24-10-21-9-23-24/h2-7,9-11,22H,8H2,1H3/t11-/m0/s1. The molecule has 0 aliphatic rings. The lowest BCUT2D eigenvalue weighted by atomic mass is 10.1. The van der Waals surface area contributed by atoms with Gasteiger partial charge in [0.2, 0.25) is 0 Å². The van der Waals surface area contributed by atoms with Gasteiger partial charge in [0.05, 0.1) is 0 Å². The number of hydrogen-bond acceptors (Lipinski definition) is 3. The molecule has 7 heteroatoms. The predicted octanol–water partition coefficient (Wildman–Crippen LogP) is 3.54. The molecule has 0 bridgehead atoms. The van der Waals surface area contributed by atoms with Gasteiger partial charge in [-0.2, -0.15) is 5.10 Å². The van der Waals surface area contributed by atoms with Crippen LogP contribution in [0.4, 0.5) is 13.2 Å². The number of aromatic nitrogens is 3. The van der Waals surface area contributed by atoms with Crippen LogP contribution in [0, 0.1) is 17.5 Å². The van der Waals surface area contributed by atoms with Gasteiger partial charge < -0.3 is 5.32 Å². The molecular weight excluding hydrogens is 317 g/mol. The fraction of sp³-hybridized carbons (Fsp3) is 0.176. The van der Waals surface area contributed by atoms with Gasteiger partial charge >= 0.3 is 0 Å². The van der Waals surface area contributed by atoms with Crippen LogP contribution < -0.4 is 5.32 Å². The van der Waals surface area contributed by atoms with E-state index in [0.717, 1.165) is 17.7 Å². The minimum Gasteiger partial charge on any atom is -0.306 e. The summed E-state index contributed by atoms with van der Waals surface area (Å²) in [6.45, 7) is 2.21. The van der Waals surface area contributed by atoms with Crippen LogP contribution in [0.25, 0.3) is 5.69 Å². The van der Waals surface area contributed by atoms with E-state index >= 15 is 0 Å². The Balaban J connectivity index is 1.68. The van der Waals surface area contributed by atoms with Gasteiger partial charge in [0.15, 0.2) is 11.6 Å². The molecule has 1 atom stereocenters. The monoisotopic (exact) mass is 332 g/mol. The average Bonchev–Trinajstić information content (AvgIpc) is 3.09. The highest BCUT2D eigenvalue weighted by molar-refractivity contribution is 5.35. The van der Waals surface area contributed by atoms with Crippen molar-refractivity contribution in [2.75, 3.05) is 0 Å². The summed E-state index contributed by atoms with van der Waals surface area (Å²) in [7, 11) is 0. The van der Waals surface area contributed by atoms with Crippen molar-refractivity contribution >= 4 is 0 Å². The number of rotatable bonds is 5. The Labute approximate surface area is 137 Å². The topological polar surface area (TPSA) is 42.7 Å². The summed E-state index contributed by atoms with van der Waals surface area (Å²) < 4.78 is 41.7. The predicted molar refractivity (Wildman–Crippen MR) is 82.9 cm³/mol. The second kappa shape index (κ2) is 6.84. The van der Waals surface area contributed by atoms with Crippen LogP contribution in [-0.2, 0) is 6.54 Å². The Hall–Kier alpha value is -2.67. The number of halogens is 3. The van der Waals surface area contributed by atoms with Gasteiger partial charge in [0.25, 0.3) is 0 Å². The fourth-order valence-corrected chi connectivity index (χ4v) is 2.35. The highest BCUT2D eigenvalue weighted by Gasteiger charge is 2.10. The molecule has 0 fully saturated rings. The van der Waals surface area contributed by atoms with Gasteiger partial charge in [-0.15, -0.1) is 0 Å². The third-order valence-electron chi connectivity index (χ3n) is 3.73. The fourth-order valence-electron chi connectivity index (χ4n) is 2.35. The Morgan fingerprint density at radius 2 is 1.88 bits per heavy atom. The molecule has 1 heterocycles. The molecule has 3 aromatic rings. The zero-order valence-corrected chi connectivity index (χ0v) is 12.9. The first-order valence-electron chi connectivity index (χ1n) is 7.36. The zero-order chi connectivity index (χ0) is 17.1. The van der Waals surface area contributed by atoms with Gasteiger partial charge in [-0.3, -0.25) is 0 Å². The quantitative estimate of drug-likeness (QED) is 0.777. The van der Waals surface area contributed by atoms with E-state index < -0.39 is 17.5 Å². The van der Waals surface area contributed by atoms with E-state index in [9.17, 15) is 13.2 Å². The molecule has 1 N–H and O–H groups in total. The summed E-state index contributed by atoms with van der Waals surface area (Å²) in [5.74, 6) is -2.18. The molecule has 0 unspecified atom stereocenters. The van der Waals surface area contributed by atoms with Crippen molar-refractivity contribution < 1.29 is 13.2 Å². The molecule has 0 saturated heterocycles. The van der Waals surface area contributed by atoms with Crippen molar-refractivity contribution in [3.05, 3.63) is 77.6 Å². The summed E-state index contributed by atoms with van der Waals surface area (Å²) in [6.07, 6.45) is 2.75. The summed E-state index contributed by atoms with van der Waals surface area (Å²) in [5.41, 5.74) is 1.66. The van der Waals surface area contributed by atoms with Crippen molar-refractivity contribution in [3.8, 4) is 5.69 Å². The van der Waals surface area contributed by atoms with Gasteiger partial charge in [-0.05, 0) is 42.3 Å². The van der Waals surface area contributed by atoms with Crippen molar-refractivity contribution in [1.29, 1.82) is 0 Å². The second-order valence-corrected chi connectivity index (χ2v) is 5.40. The Kier molecular flexibility index (Phi) is 4.61. The molecule has 0 aliphatic carbocycles. The second-order valence-electron chi connectivity index (χ2n) is 5.40. The lowest BCUT2D eigenvalue weighted by molar-refractivity contribution is 0.500. The first-order chi connectivity index (χ1) is 11.5. The maximum Gasteiger partial charge on any atom is 0.159 e. The average molecular weight is 332 g/mol. The molecule has 2 aromatic carbocycles. The van der Waals surface area contributed by atoms with Gasteiger partial charge in [-0.25, -0.2) is 22.8 Å². The van der Waals surface area contributed by atoms with Crippen LogP contribution in [0.5, 0.6) is 0 Å². The first-order valence-corrected chi connectivity index (χ1v) is 7.36. The van der Waals surface area contributed by atoms with Crippen LogP contribution >= 0.6 is 0 Å². The van der Waals surface area contributed by atoms with Gasteiger partial charge in [0.1, 0.15) is 24.2 Å². The number of benzene rings is 2. The summed E-state index contributed by atoms with van der Waals surface area (Å²) in [4.78, 5) is 3.78. The van der Waals surface area contributed by atoms with Crippen molar-refractivity contribution in [1.82, 2.24) is 20.1 Å². The molecule has 0 aliphatic heterocycles. The summed E-state index contributed by atoms with van der Waals surface area (Å²) in [6, 6.07) is 8.34. The van der Waals surface area contributed by atoms with E-state index in [1.807, 2.05) is 6.92 Å². The minimum absolute atomic E-state index is 0.210. The molecule has 1 aromatic heterocycles. The molecule has 0 saturated carbocycles. The Morgan fingerprint density at radius 1 is 1.04 bits per heavy atom. The molecule has 3 rings (SSSR count). The minimum atomic E-state index is -0.885. The molecule has 0 spiro atoms. The maximum atomic E-state index is 14.2. The zero-order valence-electron chi connectivity index (χ0n) is 12.9. The lowest BCUT2D eigenvalue weighted by Crippen LogP contribution is -2.18. The first kappa shape index (κ1) is 16.2. The van der Waals surface area contributed by atoms with Crippen LogP contribution in [0.1, 0.15) is 24.1 Å². The highest BCUT2D eigenvalue weighted by atomic mass is 19.2. The lowest BCUT2D eigenvalue weighted by Gasteiger charge is -2.15. The van der Waals surface area contributed by atoms with E-state index in [1.165, 1.54) is 29.5 Å². The van der Waals surface area contributed by atoms with E-state index in [0.29, 0.717) is 17.8 Å². The van der Waals surface area contributed by atoms with Crippen molar-refractivity contribution in [3.63, 3.8) is 0 Å². The Bertz CT molecular complexity index is 834. The SMILES string of the molecule is C[C@H](NCc1ccc(-n2cncn2)c(F)c1)c1ccc(F)c(F)c1. The summed E-state index contributed by atoms with van der Waals surface area (Å²) >= 11 is 0. The largest absolute Gasteiger partial charge is 0.306 e. The molecule has 0 radical (unpaired) electrons. The Morgan fingerprint density at radius 3 is 2.54 bits per heavy atom. The van der Waals surface area contributed by atoms with Crippen LogP contribution in [0.3, 0.4) is 0 Å². The summed E-state index contributed by atoms with van der Waals surface area (Å²) in [5, 5.41) is 7.04. The van der Waals surface area contributed by atoms with E-state index in [2.05, 4.69) is 15.4 Å². The number of nitrogens with zero attached hydrogens (tertiary/aromatic N) is 3. The van der Waals surface area contributed by atoms with Crippen LogP contribution in [-0.4, -0.2) is 14.8 Å². The van der Waals surface area contributed by atoms with E-state index in [-0.39, 0.29) is 6.04 Å². The molecule has 124 valence electrons. The molecular formula is C17H15F3N4. The van der Waals surface area contributed by atoms with Gasteiger partial charge in [-0.1, -0.05) is 12.1 Å². The van der Waals surface area contributed by atoms with E-state index in [1.54, 1.807) is 12.1 Å².